The van der Waals surface area contributed by atoms with Gasteiger partial charge >= 0.3 is 0 Å². The van der Waals surface area contributed by atoms with Crippen LogP contribution in [0.5, 0.6) is 0 Å². The number of unbranched alkanes of at least 4 members (excludes halogenated alkanes) is 2. The van der Waals surface area contributed by atoms with E-state index in [-0.39, 0.29) is 18.0 Å². The first kappa shape index (κ1) is 18.4. The quantitative estimate of drug-likeness (QED) is 0.722. The van der Waals surface area contributed by atoms with Gasteiger partial charge in [-0.1, -0.05) is 25.8 Å². The molecule has 0 spiro atoms. The zero-order valence-electron chi connectivity index (χ0n) is 14.7. The number of ether oxygens (including phenoxy) is 1. The number of Topliss-reactive ketones (excluding diaryl/α,β-unsaturated/α-hetero) is 1. The monoisotopic (exact) mass is 330 g/mol. The van der Waals surface area contributed by atoms with E-state index in [1.807, 2.05) is 13.0 Å². The van der Waals surface area contributed by atoms with Crippen LogP contribution in [0.1, 0.15) is 52.9 Å². The minimum atomic E-state index is -1.58. The van der Waals surface area contributed by atoms with E-state index in [2.05, 4.69) is 6.92 Å². The highest BCUT2D eigenvalue weighted by atomic mass is 16.5. The molecular formula is C20H26O4. The maximum atomic E-state index is 12.3. The number of carbonyl (C=O) groups excluding carboxylic acids is 2. The SMILES string of the molecule is C/C=C/C1=CC2=CC(=O)[C@](C)(O)[C@H](CC(=O)CCCCC)C2=CO1. The summed E-state index contributed by atoms with van der Waals surface area (Å²) in [5.41, 5.74) is -0.140. The fraction of sp³-hybridized carbons (Fsp3) is 0.500. The van der Waals surface area contributed by atoms with Crippen LogP contribution in [0, 0.1) is 5.92 Å². The van der Waals surface area contributed by atoms with Crippen LogP contribution in [0.3, 0.4) is 0 Å². The molecule has 1 aliphatic heterocycles. The molecule has 1 N–H and O–H groups in total. The molecule has 4 heteroatoms. The molecule has 1 aliphatic carbocycles. The number of aliphatic hydroxyl groups is 1. The highest BCUT2D eigenvalue weighted by Crippen LogP contribution is 2.41. The summed E-state index contributed by atoms with van der Waals surface area (Å²) >= 11 is 0. The minimum Gasteiger partial charge on any atom is -0.465 e. The fourth-order valence-corrected chi connectivity index (χ4v) is 3.10. The number of hydrogen-bond acceptors (Lipinski definition) is 4. The summed E-state index contributed by atoms with van der Waals surface area (Å²) in [4.78, 5) is 24.6. The molecule has 0 saturated carbocycles. The molecule has 0 saturated heterocycles. The van der Waals surface area contributed by atoms with Gasteiger partial charge in [0.15, 0.2) is 5.78 Å². The normalized spacial score (nSPS) is 26.4. The first-order valence-electron chi connectivity index (χ1n) is 8.61. The first-order valence-corrected chi connectivity index (χ1v) is 8.61. The number of carbonyl (C=O) groups is 2. The highest BCUT2D eigenvalue weighted by Gasteiger charge is 2.45. The zero-order valence-corrected chi connectivity index (χ0v) is 14.7. The van der Waals surface area contributed by atoms with Gasteiger partial charge in [-0.05, 0) is 44.1 Å². The van der Waals surface area contributed by atoms with Crippen molar-refractivity contribution in [2.75, 3.05) is 0 Å². The molecule has 0 unspecified atom stereocenters. The predicted octanol–water partition coefficient (Wildman–Crippen LogP) is 3.78. The van der Waals surface area contributed by atoms with Crippen molar-refractivity contribution in [3.63, 3.8) is 0 Å². The van der Waals surface area contributed by atoms with Gasteiger partial charge in [-0.15, -0.1) is 0 Å². The molecule has 0 radical (unpaired) electrons. The standard InChI is InChI=1S/C20H26O4/c1-4-6-7-9-15(21)12-18-17-13-24-16(8-5-2)10-14(17)11-19(22)20(18,3)23/h5,8,10-11,13,18,23H,4,6-7,9,12H2,1-3H3/b8-5+/t18-,20-/m1/s1. The van der Waals surface area contributed by atoms with Crippen LogP contribution in [0.25, 0.3) is 0 Å². The first-order chi connectivity index (χ1) is 11.4. The van der Waals surface area contributed by atoms with E-state index >= 15 is 0 Å². The lowest BCUT2D eigenvalue weighted by atomic mass is 9.70. The van der Waals surface area contributed by atoms with Crippen LogP contribution < -0.4 is 0 Å². The van der Waals surface area contributed by atoms with Gasteiger partial charge in [0.1, 0.15) is 17.1 Å². The number of rotatable bonds is 7. The van der Waals surface area contributed by atoms with Gasteiger partial charge in [-0.2, -0.15) is 0 Å². The van der Waals surface area contributed by atoms with E-state index in [0.717, 1.165) is 30.4 Å². The Morgan fingerprint density at radius 2 is 2.12 bits per heavy atom. The predicted molar refractivity (Wildman–Crippen MR) is 93.0 cm³/mol. The highest BCUT2D eigenvalue weighted by molar-refractivity contribution is 6.01. The van der Waals surface area contributed by atoms with E-state index < -0.39 is 11.5 Å². The van der Waals surface area contributed by atoms with Crippen molar-refractivity contribution < 1.29 is 19.4 Å². The molecule has 1 heterocycles. The van der Waals surface area contributed by atoms with Gasteiger partial charge < -0.3 is 9.84 Å². The molecule has 0 aromatic heterocycles. The van der Waals surface area contributed by atoms with Gasteiger partial charge in [0.2, 0.25) is 0 Å². The maximum absolute atomic E-state index is 12.3. The second kappa shape index (κ2) is 7.75. The summed E-state index contributed by atoms with van der Waals surface area (Å²) in [7, 11) is 0. The van der Waals surface area contributed by atoms with Gasteiger partial charge in [0.25, 0.3) is 0 Å². The summed E-state index contributed by atoms with van der Waals surface area (Å²) < 4.78 is 5.56. The van der Waals surface area contributed by atoms with Crippen molar-refractivity contribution >= 4 is 11.6 Å². The van der Waals surface area contributed by atoms with Crippen LogP contribution in [-0.2, 0) is 14.3 Å². The second-order valence-electron chi connectivity index (χ2n) is 6.60. The minimum absolute atomic E-state index is 0.0758. The lowest BCUT2D eigenvalue weighted by Gasteiger charge is -2.37. The van der Waals surface area contributed by atoms with Crippen molar-refractivity contribution in [3.8, 4) is 0 Å². The van der Waals surface area contributed by atoms with Crippen LogP contribution in [-0.4, -0.2) is 22.3 Å². The molecule has 0 aromatic carbocycles. The lowest BCUT2D eigenvalue weighted by molar-refractivity contribution is -0.137. The molecular weight excluding hydrogens is 304 g/mol. The van der Waals surface area contributed by atoms with E-state index in [0.29, 0.717) is 12.2 Å². The zero-order chi connectivity index (χ0) is 17.7. The third-order valence-corrected chi connectivity index (χ3v) is 4.61. The Balaban J connectivity index is 2.23. The molecule has 130 valence electrons. The number of allylic oxidation sites excluding steroid dienone is 4. The maximum Gasteiger partial charge on any atom is 0.188 e. The van der Waals surface area contributed by atoms with Crippen LogP contribution in [0.4, 0.5) is 0 Å². The van der Waals surface area contributed by atoms with E-state index in [1.165, 1.54) is 13.0 Å². The van der Waals surface area contributed by atoms with Crippen molar-refractivity contribution in [1.82, 2.24) is 0 Å². The van der Waals surface area contributed by atoms with Crippen LogP contribution >= 0.6 is 0 Å². The van der Waals surface area contributed by atoms with Crippen molar-refractivity contribution in [1.29, 1.82) is 0 Å². The smallest absolute Gasteiger partial charge is 0.188 e. The topological polar surface area (TPSA) is 63.6 Å². The van der Waals surface area contributed by atoms with Gasteiger partial charge in [-0.3, -0.25) is 9.59 Å². The van der Waals surface area contributed by atoms with Crippen molar-refractivity contribution in [2.45, 2.75) is 58.5 Å². The third kappa shape index (κ3) is 3.93. The molecule has 2 aliphatic rings. The van der Waals surface area contributed by atoms with Crippen molar-refractivity contribution in [3.05, 3.63) is 47.5 Å². The molecule has 0 bridgehead atoms. The largest absolute Gasteiger partial charge is 0.465 e. The van der Waals surface area contributed by atoms with Gasteiger partial charge in [-0.25, -0.2) is 0 Å². The third-order valence-electron chi connectivity index (χ3n) is 4.61. The van der Waals surface area contributed by atoms with Crippen LogP contribution in [0.15, 0.2) is 47.5 Å². The summed E-state index contributed by atoms with van der Waals surface area (Å²) in [5, 5.41) is 10.7. The number of fused-ring (bicyclic) bond motifs is 1. The molecule has 0 amide bonds. The second-order valence-corrected chi connectivity index (χ2v) is 6.60. The molecule has 24 heavy (non-hydrogen) atoms. The van der Waals surface area contributed by atoms with E-state index in [1.54, 1.807) is 18.4 Å². The molecule has 0 fully saturated rings. The Morgan fingerprint density at radius 1 is 1.38 bits per heavy atom. The molecule has 0 aromatic rings. The Labute approximate surface area is 143 Å². The van der Waals surface area contributed by atoms with Gasteiger partial charge in [0, 0.05) is 24.3 Å². The number of hydrogen-bond donors (Lipinski definition) is 1. The van der Waals surface area contributed by atoms with Gasteiger partial charge in [0.05, 0.1) is 6.26 Å². The van der Waals surface area contributed by atoms with Crippen LogP contribution in [0.2, 0.25) is 0 Å². The summed E-state index contributed by atoms with van der Waals surface area (Å²) in [5.74, 6) is -0.219. The summed E-state index contributed by atoms with van der Waals surface area (Å²) in [6.45, 7) is 5.45. The average Bonchev–Trinajstić information content (AvgIpc) is 2.53. The average molecular weight is 330 g/mol. The van der Waals surface area contributed by atoms with E-state index in [9.17, 15) is 14.7 Å². The molecule has 2 rings (SSSR count). The Bertz CT molecular complexity index is 632. The Hall–Kier alpha value is -1.94. The molecule has 2 atom stereocenters. The van der Waals surface area contributed by atoms with Crippen molar-refractivity contribution in [2.24, 2.45) is 5.92 Å². The Morgan fingerprint density at radius 3 is 2.79 bits per heavy atom. The number of ketones is 2. The molecule has 4 nitrogen and oxygen atoms in total. The summed E-state index contributed by atoms with van der Waals surface area (Å²) in [6, 6.07) is 0. The Kier molecular flexibility index (Phi) is 5.94. The van der Waals surface area contributed by atoms with E-state index in [4.69, 9.17) is 4.74 Å². The fourth-order valence-electron chi connectivity index (χ4n) is 3.10. The lowest BCUT2D eigenvalue weighted by Crippen LogP contribution is -2.47. The summed E-state index contributed by atoms with van der Waals surface area (Å²) in [6.07, 6.45) is 12.0.